The molecule has 1 atom stereocenters. The number of fused-ring (bicyclic) bond motifs is 1. The van der Waals surface area contributed by atoms with Crippen LogP contribution in [0.4, 0.5) is 0 Å². The van der Waals surface area contributed by atoms with Crippen LogP contribution in [0.25, 0.3) is 0 Å². The number of H-pyrrole nitrogens is 1. The summed E-state index contributed by atoms with van der Waals surface area (Å²) in [5.74, 6) is -0.289. The number of rotatable bonds is 2. The molecule has 0 aromatic carbocycles. The lowest BCUT2D eigenvalue weighted by Crippen LogP contribution is -2.16. The van der Waals surface area contributed by atoms with Crippen LogP contribution in [0.2, 0.25) is 0 Å². The fourth-order valence-electron chi connectivity index (χ4n) is 2.04. The van der Waals surface area contributed by atoms with E-state index >= 15 is 0 Å². The quantitative estimate of drug-likeness (QED) is 0.586. The third-order valence-electron chi connectivity index (χ3n) is 2.93. The summed E-state index contributed by atoms with van der Waals surface area (Å²) >= 11 is 0. The molecule has 80 valence electrons. The molecule has 0 saturated heterocycles. The zero-order valence-electron chi connectivity index (χ0n) is 8.96. The lowest BCUT2D eigenvalue weighted by atomic mass is 9.87. The van der Waals surface area contributed by atoms with E-state index in [1.165, 1.54) is 6.92 Å². The Bertz CT molecular complexity index is 420. The third-order valence-corrected chi connectivity index (χ3v) is 2.93. The standard InChI is InChI=1S/C11H14N2O2/c1-6-3-4-8-9(5-6)12-13-10(8)11(15)7(2)14/h6H,3-5H2,1-2H3,(H,12,13). The third kappa shape index (κ3) is 1.71. The molecule has 0 radical (unpaired) electrons. The van der Waals surface area contributed by atoms with Crippen molar-refractivity contribution < 1.29 is 9.59 Å². The molecular weight excluding hydrogens is 192 g/mol. The van der Waals surface area contributed by atoms with Crippen molar-refractivity contribution in [1.29, 1.82) is 0 Å². The Morgan fingerprint density at radius 3 is 2.87 bits per heavy atom. The van der Waals surface area contributed by atoms with Gasteiger partial charge in [0.2, 0.25) is 11.6 Å². The minimum Gasteiger partial charge on any atom is -0.291 e. The highest BCUT2D eigenvalue weighted by atomic mass is 16.2. The fraction of sp³-hybridized carbons (Fsp3) is 0.545. The van der Waals surface area contributed by atoms with Crippen molar-refractivity contribution in [2.24, 2.45) is 5.92 Å². The zero-order valence-corrected chi connectivity index (χ0v) is 8.96. The molecule has 2 rings (SSSR count). The molecule has 1 aromatic heterocycles. The maximum absolute atomic E-state index is 11.5. The minimum atomic E-state index is -0.470. The van der Waals surface area contributed by atoms with E-state index in [0.717, 1.165) is 30.5 Å². The number of Topliss-reactive ketones (excluding diaryl/α,β-unsaturated/α-hetero) is 2. The highest BCUT2D eigenvalue weighted by molar-refractivity contribution is 6.42. The molecule has 0 amide bonds. The van der Waals surface area contributed by atoms with E-state index in [0.29, 0.717) is 11.6 Å². The van der Waals surface area contributed by atoms with E-state index < -0.39 is 11.6 Å². The molecule has 0 spiro atoms. The van der Waals surface area contributed by atoms with Gasteiger partial charge in [-0.05, 0) is 25.2 Å². The van der Waals surface area contributed by atoms with Crippen molar-refractivity contribution >= 4 is 11.6 Å². The van der Waals surface area contributed by atoms with E-state index in [4.69, 9.17) is 0 Å². The predicted octanol–water partition coefficient (Wildman–Crippen LogP) is 1.31. The maximum Gasteiger partial charge on any atom is 0.248 e. The molecule has 1 heterocycles. The van der Waals surface area contributed by atoms with Crippen molar-refractivity contribution in [2.75, 3.05) is 0 Å². The molecule has 1 aromatic rings. The van der Waals surface area contributed by atoms with E-state index in [9.17, 15) is 9.59 Å². The van der Waals surface area contributed by atoms with Gasteiger partial charge in [0.05, 0.1) is 0 Å². The molecular formula is C11H14N2O2. The molecule has 1 unspecified atom stereocenters. The van der Waals surface area contributed by atoms with Gasteiger partial charge in [0.25, 0.3) is 0 Å². The van der Waals surface area contributed by atoms with Gasteiger partial charge in [-0.25, -0.2) is 0 Å². The molecule has 1 N–H and O–H groups in total. The normalized spacial score (nSPS) is 19.7. The number of nitrogens with zero attached hydrogens (tertiary/aromatic N) is 1. The summed E-state index contributed by atoms with van der Waals surface area (Å²) in [5, 5.41) is 6.83. The lowest BCUT2D eigenvalue weighted by molar-refractivity contribution is -0.113. The van der Waals surface area contributed by atoms with Crippen LogP contribution < -0.4 is 0 Å². The Morgan fingerprint density at radius 1 is 1.47 bits per heavy atom. The Hall–Kier alpha value is -1.45. The smallest absolute Gasteiger partial charge is 0.248 e. The lowest BCUT2D eigenvalue weighted by Gasteiger charge is -2.17. The average Bonchev–Trinajstić information content (AvgIpc) is 2.59. The van der Waals surface area contributed by atoms with E-state index in [-0.39, 0.29) is 0 Å². The summed E-state index contributed by atoms with van der Waals surface area (Å²) in [6.07, 6.45) is 2.83. The molecule has 0 aliphatic heterocycles. The highest BCUT2D eigenvalue weighted by Gasteiger charge is 2.25. The monoisotopic (exact) mass is 206 g/mol. The Labute approximate surface area is 88.1 Å². The van der Waals surface area contributed by atoms with Crippen LogP contribution in [0.5, 0.6) is 0 Å². The fourth-order valence-corrected chi connectivity index (χ4v) is 2.04. The first-order chi connectivity index (χ1) is 7.09. The van der Waals surface area contributed by atoms with Crippen LogP contribution in [0.1, 0.15) is 42.0 Å². The van der Waals surface area contributed by atoms with Crippen molar-refractivity contribution in [3.8, 4) is 0 Å². The predicted molar refractivity (Wildman–Crippen MR) is 54.8 cm³/mol. The van der Waals surface area contributed by atoms with E-state index in [1.807, 2.05) is 0 Å². The minimum absolute atomic E-state index is 0.337. The van der Waals surface area contributed by atoms with Gasteiger partial charge in [-0.1, -0.05) is 6.92 Å². The number of carbonyl (C=O) groups excluding carboxylic acids is 2. The summed E-state index contributed by atoms with van der Waals surface area (Å²) in [5.41, 5.74) is 2.32. The number of hydrogen-bond acceptors (Lipinski definition) is 3. The molecule has 1 aliphatic rings. The Morgan fingerprint density at radius 2 is 2.20 bits per heavy atom. The summed E-state index contributed by atoms with van der Waals surface area (Å²) < 4.78 is 0. The van der Waals surface area contributed by atoms with Gasteiger partial charge < -0.3 is 0 Å². The first kappa shape index (κ1) is 10.1. The van der Waals surface area contributed by atoms with Crippen molar-refractivity contribution in [1.82, 2.24) is 10.2 Å². The van der Waals surface area contributed by atoms with Gasteiger partial charge in [0.15, 0.2) is 0 Å². The zero-order chi connectivity index (χ0) is 11.0. The molecule has 4 nitrogen and oxygen atoms in total. The first-order valence-electron chi connectivity index (χ1n) is 5.21. The SMILES string of the molecule is CC(=O)C(=O)c1n[nH]c2c1CCC(C)C2. The molecule has 0 fully saturated rings. The molecule has 15 heavy (non-hydrogen) atoms. The van der Waals surface area contributed by atoms with Gasteiger partial charge in [-0.3, -0.25) is 14.7 Å². The van der Waals surface area contributed by atoms with Crippen LogP contribution in [0, 0.1) is 5.92 Å². The molecule has 0 saturated carbocycles. The molecule has 4 heteroatoms. The Kier molecular flexibility index (Phi) is 2.42. The summed E-state index contributed by atoms with van der Waals surface area (Å²) in [6.45, 7) is 3.46. The number of ketones is 2. The largest absolute Gasteiger partial charge is 0.291 e. The van der Waals surface area contributed by atoms with Crippen LogP contribution in [0.3, 0.4) is 0 Å². The van der Waals surface area contributed by atoms with E-state index in [1.54, 1.807) is 0 Å². The number of carbonyl (C=O) groups is 2. The van der Waals surface area contributed by atoms with Gasteiger partial charge in [0, 0.05) is 18.2 Å². The number of hydrogen-bond donors (Lipinski definition) is 1. The summed E-state index contributed by atoms with van der Waals surface area (Å²) in [4.78, 5) is 22.5. The van der Waals surface area contributed by atoms with Gasteiger partial charge >= 0.3 is 0 Å². The second kappa shape index (κ2) is 3.61. The Balaban J connectivity index is 2.36. The maximum atomic E-state index is 11.5. The van der Waals surface area contributed by atoms with Crippen molar-refractivity contribution in [3.05, 3.63) is 17.0 Å². The second-order valence-electron chi connectivity index (χ2n) is 4.26. The summed E-state index contributed by atoms with van der Waals surface area (Å²) in [7, 11) is 0. The highest BCUT2D eigenvalue weighted by Crippen LogP contribution is 2.26. The van der Waals surface area contributed by atoms with Gasteiger partial charge in [0.1, 0.15) is 5.69 Å². The van der Waals surface area contributed by atoms with E-state index in [2.05, 4.69) is 17.1 Å². The van der Waals surface area contributed by atoms with Crippen LogP contribution in [0.15, 0.2) is 0 Å². The van der Waals surface area contributed by atoms with Crippen LogP contribution >= 0.6 is 0 Å². The van der Waals surface area contributed by atoms with Crippen molar-refractivity contribution in [3.63, 3.8) is 0 Å². The number of aromatic amines is 1. The van der Waals surface area contributed by atoms with Gasteiger partial charge in [-0.15, -0.1) is 0 Å². The topological polar surface area (TPSA) is 62.8 Å². The second-order valence-corrected chi connectivity index (χ2v) is 4.26. The van der Waals surface area contributed by atoms with Gasteiger partial charge in [-0.2, -0.15) is 5.10 Å². The van der Waals surface area contributed by atoms with Crippen LogP contribution in [-0.2, 0) is 17.6 Å². The van der Waals surface area contributed by atoms with Crippen LogP contribution in [-0.4, -0.2) is 21.8 Å². The average molecular weight is 206 g/mol. The molecule has 1 aliphatic carbocycles. The number of aromatic nitrogens is 2. The molecule has 0 bridgehead atoms. The first-order valence-corrected chi connectivity index (χ1v) is 5.21. The summed E-state index contributed by atoms with van der Waals surface area (Å²) in [6, 6.07) is 0. The number of nitrogens with one attached hydrogen (secondary N) is 1. The van der Waals surface area contributed by atoms with Crippen molar-refractivity contribution in [2.45, 2.75) is 33.1 Å².